The van der Waals surface area contributed by atoms with Gasteiger partial charge in [-0.25, -0.2) is 4.79 Å². The van der Waals surface area contributed by atoms with E-state index in [0.29, 0.717) is 16.3 Å². The van der Waals surface area contributed by atoms with Crippen molar-refractivity contribution in [2.24, 2.45) is 0 Å². The minimum Gasteiger partial charge on any atom is -0.487 e. The molecule has 12 heteroatoms. The number of ether oxygens (including phenoxy) is 1. The van der Waals surface area contributed by atoms with Gasteiger partial charge in [-0.15, -0.1) is 0 Å². The molecule has 0 saturated carbocycles. The molecule has 0 aliphatic carbocycles. The minimum atomic E-state index is -4.68. The smallest absolute Gasteiger partial charge is 0.446 e. The van der Waals surface area contributed by atoms with E-state index in [2.05, 4.69) is 11.9 Å². The van der Waals surface area contributed by atoms with E-state index in [1.165, 1.54) is 30.3 Å². The fourth-order valence-electron chi connectivity index (χ4n) is 3.47. The Bertz CT molecular complexity index is 1320. The Morgan fingerprint density at radius 3 is 2.24 bits per heavy atom. The molecule has 38 heavy (non-hydrogen) atoms. The molecule has 0 fully saturated rings. The first-order valence-electron chi connectivity index (χ1n) is 11.0. The van der Waals surface area contributed by atoms with Gasteiger partial charge in [-0.2, -0.15) is 26.3 Å². The predicted octanol–water partition coefficient (Wildman–Crippen LogP) is 7.11. The van der Waals surface area contributed by atoms with Crippen LogP contribution in [0, 0.1) is 0 Å². The number of benzene rings is 3. The van der Waals surface area contributed by atoms with Crippen LogP contribution >= 0.6 is 11.8 Å². The van der Waals surface area contributed by atoms with E-state index < -0.39 is 48.0 Å². The van der Waals surface area contributed by atoms with Gasteiger partial charge in [-0.05, 0) is 53.8 Å². The van der Waals surface area contributed by atoms with E-state index in [-0.39, 0.29) is 34.6 Å². The lowest BCUT2D eigenvalue weighted by Gasteiger charge is -2.19. The van der Waals surface area contributed by atoms with Crippen molar-refractivity contribution in [2.45, 2.75) is 42.1 Å². The van der Waals surface area contributed by atoms with Gasteiger partial charge >= 0.3 is 17.7 Å². The molecule has 0 bridgehead atoms. The van der Waals surface area contributed by atoms with Crippen molar-refractivity contribution in [1.29, 1.82) is 0 Å². The molecule has 0 spiro atoms. The zero-order valence-electron chi connectivity index (χ0n) is 19.5. The number of carbonyl (C=O) groups is 2. The zero-order chi connectivity index (χ0) is 28.1. The molecule has 202 valence electrons. The SMILES string of the molecule is C=C(CC[C@H](NC(=O)c1ccc2ccccc2c1OCc1ccc(SC(F)(F)F)cc1)C(=O)O)C(F)(F)F. The van der Waals surface area contributed by atoms with Gasteiger partial charge in [0.05, 0.1) is 5.56 Å². The van der Waals surface area contributed by atoms with Gasteiger partial charge in [0.15, 0.2) is 0 Å². The van der Waals surface area contributed by atoms with Crippen LogP contribution in [0.1, 0.15) is 28.8 Å². The number of aliphatic carboxylic acids is 1. The van der Waals surface area contributed by atoms with E-state index in [9.17, 15) is 41.0 Å². The highest BCUT2D eigenvalue weighted by atomic mass is 32.2. The Balaban J connectivity index is 1.82. The molecule has 3 rings (SSSR count). The third-order valence-electron chi connectivity index (χ3n) is 5.40. The van der Waals surface area contributed by atoms with E-state index in [0.717, 1.165) is 0 Å². The molecule has 0 unspecified atom stereocenters. The van der Waals surface area contributed by atoms with Crippen LogP contribution in [-0.2, 0) is 11.4 Å². The molecule has 3 aromatic rings. The second-order valence-electron chi connectivity index (χ2n) is 8.15. The van der Waals surface area contributed by atoms with E-state index in [1.54, 1.807) is 30.3 Å². The van der Waals surface area contributed by atoms with E-state index in [1.807, 2.05) is 0 Å². The summed E-state index contributed by atoms with van der Waals surface area (Å²) in [5.74, 6) is -2.32. The van der Waals surface area contributed by atoms with Crippen molar-refractivity contribution in [3.05, 3.63) is 83.9 Å². The summed E-state index contributed by atoms with van der Waals surface area (Å²) in [5.41, 5.74) is -5.11. The van der Waals surface area contributed by atoms with Crippen LogP contribution in [-0.4, -0.2) is 34.7 Å². The normalized spacial score (nSPS) is 12.7. The number of nitrogens with one attached hydrogen (secondary N) is 1. The summed E-state index contributed by atoms with van der Waals surface area (Å²) in [6.07, 6.45) is -5.91. The van der Waals surface area contributed by atoms with Crippen LogP contribution in [0.3, 0.4) is 0 Å². The number of carboxylic acid groups (broad SMARTS) is 1. The topological polar surface area (TPSA) is 75.6 Å². The third kappa shape index (κ3) is 7.91. The summed E-state index contributed by atoms with van der Waals surface area (Å²) < 4.78 is 81.8. The number of carbonyl (C=O) groups excluding carboxylic acids is 1. The van der Waals surface area contributed by atoms with Gasteiger partial charge in [0.25, 0.3) is 5.91 Å². The summed E-state index contributed by atoms with van der Waals surface area (Å²) in [6, 6.07) is 13.6. The van der Waals surface area contributed by atoms with E-state index in [4.69, 9.17) is 4.74 Å². The number of fused-ring (bicyclic) bond motifs is 1. The average molecular weight is 558 g/mol. The number of hydrogen-bond donors (Lipinski definition) is 2. The second-order valence-corrected chi connectivity index (χ2v) is 9.29. The first kappa shape index (κ1) is 28.9. The predicted molar refractivity (Wildman–Crippen MR) is 130 cm³/mol. The first-order chi connectivity index (χ1) is 17.7. The summed E-state index contributed by atoms with van der Waals surface area (Å²) in [5, 5.41) is 12.9. The highest BCUT2D eigenvalue weighted by Crippen LogP contribution is 2.37. The Hall–Kier alpha value is -3.67. The number of allylic oxidation sites excluding steroid dienone is 1. The van der Waals surface area contributed by atoms with Crippen LogP contribution in [0.2, 0.25) is 0 Å². The van der Waals surface area contributed by atoms with Crippen molar-refractivity contribution in [3.8, 4) is 5.75 Å². The van der Waals surface area contributed by atoms with Gasteiger partial charge in [-0.3, -0.25) is 4.79 Å². The molecule has 0 aromatic heterocycles. The molecular formula is C26H21F6NO4S. The van der Waals surface area contributed by atoms with Crippen molar-refractivity contribution in [3.63, 3.8) is 0 Å². The van der Waals surface area contributed by atoms with Crippen molar-refractivity contribution >= 4 is 34.4 Å². The Morgan fingerprint density at radius 1 is 0.974 bits per heavy atom. The fraction of sp³-hybridized carbons (Fsp3) is 0.231. The Morgan fingerprint density at radius 2 is 1.63 bits per heavy atom. The Labute approximate surface area is 217 Å². The lowest BCUT2D eigenvalue weighted by atomic mass is 10.0. The molecular weight excluding hydrogens is 536 g/mol. The van der Waals surface area contributed by atoms with Crippen LogP contribution in [0.15, 0.2) is 77.7 Å². The number of rotatable bonds is 10. The van der Waals surface area contributed by atoms with Crippen molar-refractivity contribution in [1.82, 2.24) is 5.32 Å². The summed E-state index contributed by atoms with van der Waals surface area (Å²) in [4.78, 5) is 24.7. The largest absolute Gasteiger partial charge is 0.487 e. The minimum absolute atomic E-state index is 0.0144. The monoisotopic (exact) mass is 557 g/mol. The number of alkyl halides is 6. The molecule has 3 aromatic carbocycles. The maximum absolute atomic E-state index is 13.0. The van der Waals surface area contributed by atoms with Gasteiger partial charge in [0.2, 0.25) is 0 Å². The quantitative estimate of drug-likeness (QED) is 0.158. The zero-order valence-corrected chi connectivity index (χ0v) is 20.3. The molecule has 1 atom stereocenters. The highest BCUT2D eigenvalue weighted by Gasteiger charge is 2.33. The first-order valence-corrected chi connectivity index (χ1v) is 11.8. The van der Waals surface area contributed by atoms with Gasteiger partial charge in [0, 0.05) is 15.9 Å². The number of amides is 1. The summed E-state index contributed by atoms with van der Waals surface area (Å²) >= 11 is -0.262. The molecule has 0 heterocycles. The standard InChI is InChI=1S/C26H21F6NO4S/c1-15(25(27,28)29)6-13-21(24(35)36)33-23(34)20-12-9-17-4-2-3-5-19(17)22(20)37-14-16-7-10-18(11-8-16)38-26(30,31)32/h2-5,7-12,21H,1,6,13-14H2,(H,33,34)(H,35,36)/t21-/m0/s1. The maximum Gasteiger partial charge on any atom is 0.446 e. The fourth-order valence-corrected chi connectivity index (χ4v) is 4.01. The summed E-state index contributed by atoms with van der Waals surface area (Å²) in [6.45, 7) is 2.79. The van der Waals surface area contributed by atoms with Gasteiger partial charge < -0.3 is 15.2 Å². The molecule has 2 N–H and O–H groups in total. The van der Waals surface area contributed by atoms with E-state index >= 15 is 0 Å². The second kappa shape index (κ2) is 11.8. The average Bonchev–Trinajstić information content (AvgIpc) is 2.83. The van der Waals surface area contributed by atoms with Crippen LogP contribution < -0.4 is 10.1 Å². The highest BCUT2D eigenvalue weighted by molar-refractivity contribution is 8.00. The van der Waals surface area contributed by atoms with Crippen LogP contribution in [0.4, 0.5) is 26.3 Å². The number of carboxylic acids is 1. The van der Waals surface area contributed by atoms with Crippen molar-refractivity contribution < 1.29 is 45.8 Å². The van der Waals surface area contributed by atoms with Crippen LogP contribution in [0.5, 0.6) is 5.75 Å². The number of halogens is 6. The third-order valence-corrected chi connectivity index (χ3v) is 6.14. The molecule has 0 saturated heterocycles. The van der Waals surface area contributed by atoms with Crippen LogP contribution in [0.25, 0.3) is 10.8 Å². The van der Waals surface area contributed by atoms with Gasteiger partial charge in [-0.1, -0.05) is 49.0 Å². The number of thioether (sulfide) groups is 1. The molecule has 0 radical (unpaired) electrons. The lowest BCUT2D eigenvalue weighted by Crippen LogP contribution is -2.41. The lowest BCUT2D eigenvalue weighted by molar-refractivity contribution is -0.139. The molecule has 0 aliphatic heterocycles. The van der Waals surface area contributed by atoms with Gasteiger partial charge in [0.1, 0.15) is 18.4 Å². The molecule has 0 aliphatic rings. The maximum atomic E-state index is 13.0. The van der Waals surface area contributed by atoms with Crippen molar-refractivity contribution in [2.75, 3.05) is 0 Å². The molecule has 5 nitrogen and oxygen atoms in total. The molecule has 1 amide bonds. The number of hydrogen-bond acceptors (Lipinski definition) is 4. The summed E-state index contributed by atoms with van der Waals surface area (Å²) in [7, 11) is 0. The Kier molecular flexibility index (Phi) is 8.97.